The van der Waals surface area contributed by atoms with E-state index in [2.05, 4.69) is 49.2 Å². The number of nitrogens with zero attached hydrogens (tertiary/aromatic N) is 2. The fourth-order valence-corrected chi connectivity index (χ4v) is 10.1. The Bertz CT molecular complexity index is 1680. The highest BCUT2D eigenvalue weighted by Gasteiger charge is 2.65. The molecule has 1 heterocycles. The van der Waals surface area contributed by atoms with E-state index >= 15 is 0 Å². The predicted octanol–water partition coefficient (Wildman–Crippen LogP) is 11.5. The summed E-state index contributed by atoms with van der Waals surface area (Å²) in [6, 6.07) is 13.5. The third-order valence-corrected chi connectivity index (χ3v) is 13.4. The van der Waals surface area contributed by atoms with Crippen molar-refractivity contribution in [3.05, 3.63) is 72.3 Å². The number of ether oxygens (including phenoxy) is 4. The van der Waals surface area contributed by atoms with Crippen molar-refractivity contribution in [2.45, 2.75) is 139 Å². The Kier molecular flexibility index (Phi) is 19.7. The molecule has 0 aromatic heterocycles. The number of rotatable bonds is 27. The van der Waals surface area contributed by atoms with Crippen molar-refractivity contribution < 1.29 is 38.8 Å². The van der Waals surface area contributed by atoms with Gasteiger partial charge < -0.3 is 38.9 Å². The predicted molar refractivity (Wildman–Crippen MR) is 241 cm³/mol. The minimum absolute atomic E-state index is 0.116. The lowest BCUT2D eigenvalue weighted by Gasteiger charge is -2.59. The second-order valence-corrected chi connectivity index (χ2v) is 17.5. The number of aliphatic hydroxyl groups excluding tert-OH is 2. The molecule has 2 aliphatic carbocycles. The standard InChI is InChI=1S/C49H72N2O8S/c1-6-8-9-10-11-12-13-14-15-20-32-56-48(54)51(3)45-35-43(50-55-4)41-33-36(21-16-18-29-52)40(22-17-19-30-53)46-42-34-38(58-37-23-26-39(60-5)27-24-37)25-28-44(42)59-49(45,47(41)46)57-31-7-2/h7,23-28,33-34,36,40,45-47,52-53H,2,6,8-22,29-32,35H2,1,3-5H3. The number of benzene rings is 2. The van der Waals surface area contributed by atoms with Gasteiger partial charge in [-0.25, -0.2) is 4.79 Å². The molecule has 0 radical (unpaired) electrons. The molecule has 2 aromatic rings. The number of allylic oxidation sites excluding steroid dienone is 1. The van der Waals surface area contributed by atoms with Gasteiger partial charge >= 0.3 is 6.09 Å². The van der Waals surface area contributed by atoms with Crippen LogP contribution in [0.25, 0.3) is 0 Å². The van der Waals surface area contributed by atoms with Crippen LogP contribution in [0.5, 0.6) is 17.2 Å². The van der Waals surface area contributed by atoms with E-state index in [1.54, 1.807) is 36.9 Å². The van der Waals surface area contributed by atoms with E-state index in [0.717, 1.165) is 72.4 Å². The minimum Gasteiger partial charge on any atom is -0.459 e. The molecule has 0 spiro atoms. The highest BCUT2D eigenvalue weighted by Crippen LogP contribution is 2.62. The van der Waals surface area contributed by atoms with Crippen molar-refractivity contribution in [2.24, 2.45) is 22.9 Å². The van der Waals surface area contributed by atoms with Crippen LogP contribution in [0.15, 0.2) is 76.8 Å². The summed E-state index contributed by atoms with van der Waals surface area (Å²) >= 11 is 1.68. The van der Waals surface area contributed by atoms with E-state index in [1.165, 1.54) is 44.9 Å². The van der Waals surface area contributed by atoms with Gasteiger partial charge in [-0.1, -0.05) is 94.9 Å². The Labute approximate surface area is 364 Å². The average Bonchev–Trinajstić information content (AvgIpc) is 3.26. The number of thioether (sulfide) groups is 1. The lowest BCUT2D eigenvalue weighted by atomic mass is 9.55. The summed E-state index contributed by atoms with van der Waals surface area (Å²) in [5.41, 5.74) is 2.75. The number of aliphatic hydroxyl groups is 2. The number of likely N-dealkylation sites (N-methyl/N-ethyl adjacent to an activating group) is 1. The van der Waals surface area contributed by atoms with Gasteiger partial charge in [0.1, 0.15) is 30.4 Å². The van der Waals surface area contributed by atoms with Crippen molar-refractivity contribution in [1.82, 2.24) is 4.90 Å². The molecular formula is C49H72N2O8S. The van der Waals surface area contributed by atoms with E-state index in [-0.39, 0.29) is 43.5 Å². The van der Waals surface area contributed by atoms with Gasteiger partial charge in [0.2, 0.25) is 5.79 Å². The van der Waals surface area contributed by atoms with E-state index in [1.807, 2.05) is 24.3 Å². The van der Waals surface area contributed by atoms with Gasteiger partial charge in [0.15, 0.2) is 0 Å². The molecule has 1 saturated carbocycles. The molecule has 6 unspecified atom stereocenters. The van der Waals surface area contributed by atoms with Crippen molar-refractivity contribution in [3.63, 3.8) is 0 Å². The van der Waals surface area contributed by atoms with Gasteiger partial charge in [-0.05, 0) is 98.2 Å². The first-order chi connectivity index (χ1) is 29.3. The maximum absolute atomic E-state index is 14.1. The van der Waals surface area contributed by atoms with Crippen molar-refractivity contribution >= 4 is 23.6 Å². The van der Waals surface area contributed by atoms with Gasteiger partial charge in [-0.15, -0.1) is 18.3 Å². The first kappa shape index (κ1) is 47.5. The van der Waals surface area contributed by atoms with Crippen LogP contribution < -0.4 is 9.47 Å². The van der Waals surface area contributed by atoms with Crippen LogP contribution in [0, 0.1) is 17.8 Å². The minimum atomic E-state index is -1.32. The van der Waals surface area contributed by atoms with Crippen LogP contribution in [-0.2, 0) is 14.3 Å². The number of oxime groups is 1. The Hall–Kier alpha value is -3.51. The molecular weight excluding hydrogens is 777 g/mol. The maximum Gasteiger partial charge on any atom is 0.409 e. The van der Waals surface area contributed by atoms with E-state index < -0.39 is 17.9 Å². The molecule has 3 aliphatic rings. The van der Waals surface area contributed by atoms with E-state index in [4.69, 9.17) is 23.8 Å². The Morgan fingerprint density at radius 3 is 2.25 bits per heavy atom. The lowest BCUT2D eigenvalue weighted by molar-refractivity contribution is -0.253. The summed E-state index contributed by atoms with van der Waals surface area (Å²) in [7, 11) is 3.33. The third kappa shape index (κ3) is 12.1. The molecule has 1 aliphatic heterocycles. The Morgan fingerprint density at radius 2 is 1.60 bits per heavy atom. The molecule has 2 N–H and O–H groups in total. The average molecular weight is 849 g/mol. The molecule has 6 atom stereocenters. The SMILES string of the molecule is C=CCOC12Oc3ccc(Oc4ccc(SC)cc4)cc3C3C(CCCCO)C(CCCCO)C=C(C(=NOC)CC1N(C)C(=O)OCCCCCCCCCCCC)C32. The zero-order valence-electron chi connectivity index (χ0n) is 36.8. The third-order valence-electron chi connectivity index (χ3n) is 12.6. The molecule has 60 heavy (non-hydrogen) atoms. The summed E-state index contributed by atoms with van der Waals surface area (Å²) < 4.78 is 26.7. The summed E-state index contributed by atoms with van der Waals surface area (Å²) in [5, 5.41) is 24.4. The van der Waals surface area contributed by atoms with E-state index in [9.17, 15) is 15.0 Å². The normalized spacial score (nSPS) is 23.5. The topological polar surface area (TPSA) is 119 Å². The fourth-order valence-electron chi connectivity index (χ4n) is 9.66. The van der Waals surface area contributed by atoms with Gasteiger partial charge in [0.25, 0.3) is 0 Å². The van der Waals surface area contributed by atoms with Crippen molar-refractivity contribution in [3.8, 4) is 17.2 Å². The molecule has 10 nitrogen and oxygen atoms in total. The van der Waals surface area contributed by atoms with Gasteiger partial charge in [0.05, 0.1) is 24.8 Å². The zero-order chi connectivity index (χ0) is 42.7. The summed E-state index contributed by atoms with van der Waals surface area (Å²) in [6.45, 7) is 7.06. The van der Waals surface area contributed by atoms with Gasteiger partial charge in [-0.2, -0.15) is 0 Å². The molecule has 332 valence electrons. The first-order valence-electron chi connectivity index (χ1n) is 22.7. The summed E-state index contributed by atoms with van der Waals surface area (Å²) in [6.07, 6.45) is 22.8. The molecule has 5 rings (SSSR count). The number of fused-ring (bicyclic) bond motifs is 2. The second kappa shape index (κ2) is 24.8. The molecule has 0 saturated heterocycles. The maximum atomic E-state index is 14.1. The van der Waals surface area contributed by atoms with Crippen LogP contribution >= 0.6 is 11.8 Å². The quantitative estimate of drug-likeness (QED) is 0.0392. The highest BCUT2D eigenvalue weighted by molar-refractivity contribution is 7.98. The lowest BCUT2D eigenvalue weighted by Crippen LogP contribution is -2.69. The number of unbranched alkanes of at least 4 members (excludes halogenated alkanes) is 11. The smallest absolute Gasteiger partial charge is 0.409 e. The molecule has 1 amide bonds. The number of carbonyl (C=O) groups excluding carboxylic acids is 1. The number of hydrogen-bond acceptors (Lipinski definition) is 10. The largest absolute Gasteiger partial charge is 0.459 e. The second-order valence-electron chi connectivity index (χ2n) is 16.6. The molecule has 11 heteroatoms. The summed E-state index contributed by atoms with van der Waals surface area (Å²) in [4.78, 5) is 22.4. The number of carbonyl (C=O) groups is 1. The first-order valence-corrected chi connectivity index (χ1v) is 23.9. The molecule has 2 aromatic carbocycles. The highest BCUT2D eigenvalue weighted by atomic mass is 32.2. The van der Waals surface area contributed by atoms with Crippen LogP contribution in [0.3, 0.4) is 0 Å². The zero-order valence-corrected chi connectivity index (χ0v) is 37.6. The summed E-state index contributed by atoms with van der Waals surface area (Å²) in [5.74, 6) is 0.518. The van der Waals surface area contributed by atoms with Crippen LogP contribution in [0.1, 0.15) is 128 Å². The van der Waals surface area contributed by atoms with Crippen LogP contribution in [0.2, 0.25) is 0 Å². The molecule has 0 bridgehead atoms. The fraction of sp³-hybridized carbons (Fsp3) is 0.633. The van der Waals surface area contributed by atoms with E-state index in [0.29, 0.717) is 37.4 Å². The number of hydrogen-bond donors (Lipinski definition) is 2. The molecule has 1 fully saturated rings. The van der Waals surface area contributed by atoms with Crippen molar-refractivity contribution in [1.29, 1.82) is 0 Å². The van der Waals surface area contributed by atoms with Crippen molar-refractivity contribution in [2.75, 3.05) is 46.8 Å². The van der Waals surface area contributed by atoms with Gasteiger partial charge in [0, 0.05) is 43.1 Å². The van der Waals surface area contributed by atoms with Gasteiger partial charge in [-0.3, -0.25) is 0 Å². The monoisotopic (exact) mass is 849 g/mol. The Morgan fingerprint density at radius 1 is 0.933 bits per heavy atom. The number of amides is 1. The van der Waals surface area contributed by atoms with Crippen LogP contribution in [0.4, 0.5) is 4.79 Å². The Balaban J connectivity index is 1.50. The van der Waals surface area contributed by atoms with Crippen LogP contribution in [-0.4, -0.2) is 85.6 Å².